The molecule has 0 saturated carbocycles. The van der Waals surface area contributed by atoms with E-state index in [1.807, 2.05) is 19.9 Å². The van der Waals surface area contributed by atoms with Crippen LogP contribution in [0.15, 0.2) is 30.3 Å². The molecule has 6 heteroatoms. The number of ketones is 1. The highest BCUT2D eigenvalue weighted by Gasteiger charge is 2.24. The number of thiophene rings is 1. The van der Waals surface area contributed by atoms with E-state index in [1.54, 1.807) is 31.2 Å². The van der Waals surface area contributed by atoms with Crippen molar-refractivity contribution in [1.82, 2.24) is 0 Å². The van der Waals surface area contributed by atoms with Crippen molar-refractivity contribution in [2.45, 2.75) is 46.1 Å². The lowest BCUT2D eigenvalue weighted by Crippen LogP contribution is -2.24. The van der Waals surface area contributed by atoms with Gasteiger partial charge in [0.2, 0.25) is 11.7 Å². The Morgan fingerprint density at radius 3 is 2.41 bits per heavy atom. The minimum atomic E-state index is -0.870. The Labute approximate surface area is 162 Å². The van der Waals surface area contributed by atoms with E-state index in [0.29, 0.717) is 16.1 Å². The number of nitrogens with one attached hydrogen (secondary N) is 1. The molecule has 2 aromatic rings. The highest BCUT2D eigenvalue weighted by atomic mass is 32.1. The van der Waals surface area contributed by atoms with Crippen molar-refractivity contribution >= 4 is 34.7 Å². The zero-order valence-corrected chi connectivity index (χ0v) is 16.5. The zero-order valence-electron chi connectivity index (χ0n) is 15.7. The van der Waals surface area contributed by atoms with E-state index in [-0.39, 0.29) is 17.6 Å². The van der Waals surface area contributed by atoms with Crippen LogP contribution >= 0.6 is 11.3 Å². The summed E-state index contributed by atoms with van der Waals surface area (Å²) in [6.07, 6.45) is 2.29. The van der Waals surface area contributed by atoms with Crippen LogP contribution in [0.3, 0.4) is 0 Å². The summed E-state index contributed by atoms with van der Waals surface area (Å²) in [5.41, 5.74) is 2.29. The number of carbonyl (C=O) groups excluding carboxylic acids is 3. The minimum absolute atomic E-state index is 0.0841. The molecule has 0 aliphatic heterocycles. The van der Waals surface area contributed by atoms with Crippen LogP contribution in [0.2, 0.25) is 0 Å². The second-order valence-electron chi connectivity index (χ2n) is 7.05. The van der Waals surface area contributed by atoms with E-state index in [1.165, 1.54) is 21.8 Å². The SMILES string of the molecule is CC(C)C(=O)Nc1ccc(C(=O)C(C)OC(=O)c2cc3c(s2)CCC3)cc1. The monoisotopic (exact) mass is 385 g/mol. The number of benzene rings is 1. The maximum absolute atomic E-state index is 12.5. The maximum atomic E-state index is 12.5. The number of fused-ring (bicyclic) bond motifs is 1. The molecule has 0 saturated heterocycles. The summed E-state index contributed by atoms with van der Waals surface area (Å²) in [7, 11) is 0. The zero-order chi connectivity index (χ0) is 19.6. The van der Waals surface area contributed by atoms with Gasteiger partial charge in [0.15, 0.2) is 6.10 Å². The van der Waals surface area contributed by atoms with Crippen LogP contribution in [0.25, 0.3) is 0 Å². The third kappa shape index (κ3) is 4.45. The highest BCUT2D eigenvalue weighted by Crippen LogP contribution is 2.31. The lowest BCUT2D eigenvalue weighted by atomic mass is 10.1. The number of hydrogen-bond donors (Lipinski definition) is 1. The summed E-state index contributed by atoms with van der Waals surface area (Å²) in [4.78, 5) is 38.4. The van der Waals surface area contributed by atoms with Crippen molar-refractivity contribution in [2.24, 2.45) is 5.92 Å². The predicted octanol–water partition coefficient (Wildman–Crippen LogP) is 4.26. The number of amides is 1. The van der Waals surface area contributed by atoms with Gasteiger partial charge in [-0.2, -0.15) is 0 Å². The Bertz CT molecular complexity index is 845. The highest BCUT2D eigenvalue weighted by molar-refractivity contribution is 7.14. The second-order valence-corrected chi connectivity index (χ2v) is 8.18. The van der Waals surface area contributed by atoms with Crippen molar-refractivity contribution in [3.8, 4) is 0 Å². The fourth-order valence-electron chi connectivity index (χ4n) is 2.94. The van der Waals surface area contributed by atoms with Gasteiger partial charge in [-0.1, -0.05) is 13.8 Å². The van der Waals surface area contributed by atoms with Gasteiger partial charge in [0, 0.05) is 22.0 Å². The van der Waals surface area contributed by atoms with Crippen LogP contribution in [0.4, 0.5) is 5.69 Å². The molecule has 0 spiro atoms. The molecule has 142 valence electrons. The van der Waals surface area contributed by atoms with Gasteiger partial charge in [-0.15, -0.1) is 11.3 Å². The Kier molecular flexibility index (Phi) is 5.75. The van der Waals surface area contributed by atoms with Gasteiger partial charge in [0.05, 0.1) is 0 Å². The molecule has 1 atom stereocenters. The van der Waals surface area contributed by atoms with Crippen LogP contribution in [0.1, 0.15) is 57.7 Å². The second kappa shape index (κ2) is 8.05. The predicted molar refractivity (Wildman–Crippen MR) is 105 cm³/mol. The fraction of sp³-hybridized carbons (Fsp3) is 0.381. The Morgan fingerprint density at radius 1 is 1.07 bits per heavy atom. The van der Waals surface area contributed by atoms with Crippen molar-refractivity contribution in [3.05, 3.63) is 51.2 Å². The number of anilines is 1. The van der Waals surface area contributed by atoms with Gasteiger partial charge in [-0.3, -0.25) is 9.59 Å². The molecular weight excluding hydrogens is 362 g/mol. The molecule has 1 amide bonds. The molecule has 0 bridgehead atoms. The van der Waals surface area contributed by atoms with E-state index in [4.69, 9.17) is 4.74 Å². The summed E-state index contributed by atoms with van der Waals surface area (Å²) in [5.74, 6) is -0.922. The first-order valence-corrected chi connectivity index (χ1v) is 9.94. The molecule has 1 N–H and O–H groups in total. The van der Waals surface area contributed by atoms with Gasteiger partial charge < -0.3 is 10.1 Å². The average molecular weight is 385 g/mol. The van der Waals surface area contributed by atoms with Gasteiger partial charge >= 0.3 is 5.97 Å². The summed E-state index contributed by atoms with van der Waals surface area (Å²) in [6, 6.07) is 8.49. The Morgan fingerprint density at radius 2 is 1.78 bits per heavy atom. The smallest absolute Gasteiger partial charge is 0.349 e. The summed E-state index contributed by atoms with van der Waals surface area (Å²) < 4.78 is 5.37. The molecule has 1 aromatic heterocycles. The standard InChI is InChI=1S/C21H23NO4S/c1-12(2)20(24)22-16-9-7-14(8-10-16)19(23)13(3)26-21(25)18-11-15-5-4-6-17(15)27-18/h7-13H,4-6H2,1-3H3,(H,22,24). The topological polar surface area (TPSA) is 72.5 Å². The lowest BCUT2D eigenvalue weighted by Gasteiger charge is -2.12. The van der Waals surface area contributed by atoms with Crippen molar-refractivity contribution in [2.75, 3.05) is 5.32 Å². The molecule has 5 nitrogen and oxygen atoms in total. The fourth-order valence-corrected chi connectivity index (χ4v) is 4.08. The normalized spacial score (nSPS) is 13.9. The first-order valence-electron chi connectivity index (χ1n) is 9.13. The van der Waals surface area contributed by atoms with Gasteiger partial charge in [0.25, 0.3) is 0 Å². The molecule has 1 unspecified atom stereocenters. The van der Waals surface area contributed by atoms with Crippen molar-refractivity contribution in [1.29, 1.82) is 0 Å². The third-order valence-electron chi connectivity index (χ3n) is 4.56. The van der Waals surface area contributed by atoms with Gasteiger partial charge in [0.1, 0.15) is 4.88 Å². The Hall–Kier alpha value is -2.47. The lowest BCUT2D eigenvalue weighted by molar-refractivity contribution is -0.118. The van der Waals surface area contributed by atoms with E-state index in [2.05, 4.69) is 5.32 Å². The number of hydrogen-bond acceptors (Lipinski definition) is 5. The minimum Gasteiger partial charge on any atom is -0.450 e. The van der Waals surface area contributed by atoms with Crippen LogP contribution in [0, 0.1) is 5.92 Å². The van der Waals surface area contributed by atoms with Crippen LogP contribution in [-0.4, -0.2) is 23.8 Å². The summed E-state index contributed by atoms with van der Waals surface area (Å²) in [6.45, 7) is 5.20. The summed E-state index contributed by atoms with van der Waals surface area (Å²) >= 11 is 1.46. The summed E-state index contributed by atoms with van der Waals surface area (Å²) in [5, 5.41) is 2.77. The molecule has 3 rings (SSSR count). The molecule has 27 heavy (non-hydrogen) atoms. The number of esters is 1. The maximum Gasteiger partial charge on any atom is 0.349 e. The average Bonchev–Trinajstić information content (AvgIpc) is 3.23. The van der Waals surface area contributed by atoms with E-state index < -0.39 is 12.1 Å². The molecule has 1 heterocycles. The van der Waals surface area contributed by atoms with E-state index in [9.17, 15) is 14.4 Å². The Balaban J connectivity index is 1.60. The van der Waals surface area contributed by atoms with Crippen molar-refractivity contribution < 1.29 is 19.1 Å². The molecule has 1 aromatic carbocycles. The number of ether oxygens (including phenoxy) is 1. The van der Waals surface area contributed by atoms with Crippen LogP contribution in [-0.2, 0) is 22.4 Å². The third-order valence-corrected chi connectivity index (χ3v) is 5.78. The number of rotatable bonds is 6. The van der Waals surface area contributed by atoms with E-state index in [0.717, 1.165) is 19.3 Å². The van der Waals surface area contributed by atoms with E-state index >= 15 is 0 Å². The first kappa shape index (κ1) is 19.3. The number of Topliss-reactive ketones (excluding diaryl/α,β-unsaturated/α-hetero) is 1. The number of carbonyl (C=O) groups is 3. The van der Waals surface area contributed by atoms with Crippen LogP contribution < -0.4 is 5.32 Å². The molecule has 0 fully saturated rings. The molecule has 0 radical (unpaired) electrons. The first-order chi connectivity index (χ1) is 12.8. The quantitative estimate of drug-likeness (QED) is 0.596. The molecule has 1 aliphatic rings. The largest absolute Gasteiger partial charge is 0.450 e. The van der Waals surface area contributed by atoms with Crippen molar-refractivity contribution in [3.63, 3.8) is 0 Å². The van der Waals surface area contributed by atoms with Crippen LogP contribution in [0.5, 0.6) is 0 Å². The molecular formula is C21H23NO4S. The number of aryl methyl sites for hydroxylation is 2. The molecule has 1 aliphatic carbocycles. The van der Waals surface area contributed by atoms with Gasteiger partial charge in [-0.05, 0) is 62.1 Å². The van der Waals surface area contributed by atoms with Gasteiger partial charge in [-0.25, -0.2) is 4.79 Å².